The lowest BCUT2D eigenvalue weighted by Crippen LogP contribution is -2.60. The minimum Gasteiger partial charge on any atom is -0.495 e. The molecular weight excluding hydrogens is 1230 g/mol. The van der Waals surface area contributed by atoms with Crippen LogP contribution < -0.4 is 36.6 Å². The van der Waals surface area contributed by atoms with Crippen LogP contribution in [-0.2, 0) is 94.2 Å². The Hall–Kier alpha value is -7.60. The number of imide groups is 1. The second-order valence-electron chi connectivity index (χ2n) is 24.7. The van der Waals surface area contributed by atoms with Crippen molar-refractivity contribution in [2.45, 2.75) is 192 Å². The van der Waals surface area contributed by atoms with Gasteiger partial charge in [-0.1, -0.05) is 82.6 Å². The molecule has 1 unspecified atom stereocenters. The van der Waals surface area contributed by atoms with Gasteiger partial charge in [0, 0.05) is 77.6 Å². The Kier molecular flexibility index (Phi) is 27.0. The van der Waals surface area contributed by atoms with E-state index in [1.165, 1.54) is 26.4 Å². The van der Waals surface area contributed by atoms with Crippen LogP contribution in [0.25, 0.3) is 0 Å². The number of hydrogen-bond donors (Lipinski definition) is 9. The van der Waals surface area contributed by atoms with Crippen molar-refractivity contribution in [2.24, 2.45) is 23.2 Å². The molecule has 0 aromatic heterocycles. The Balaban J connectivity index is 1.12. The molecule has 8 amide bonds. The predicted octanol–water partition coefficient (Wildman–Crippen LogP) is 1.49. The summed E-state index contributed by atoms with van der Waals surface area (Å²) in [6.45, 7) is 11.3. The van der Waals surface area contributed by atoms with Crippen LogP contribution in [0.2, 0.25) is 5.02 Å². The Labute approximate surface area is 538 Å². The van der Waals surface area contributed by atoms with Gasteiger partial charge in [-0.2, -0.15) is 0 Å². The van der Waals surface area contributed by atoms with Gasteiger partial charge in [-0.3, -0.25) is 43.2 Å². The van der Waals surface area contributed by atoms with E-state index in [0.717, 1.165) is 5.56 Å². The van der Waals surface area contributed by atoms with Crippen LogP contribution in [0.5, 0.6) is 5.75 Å². The van der Waals surface area contributed by atoms with E-state index >= 15 is 0 Å². The number of nitrogens with one attached hydrogen (secondary N) is 6. The summed E-state index contributed by atoms with van der Waals surface area (Å²) in [6.07, 6.45) is -9.08. The maximum absolute atomic E-state index is 14.1. The molecule has 4 aliphatic heterocycles. The second kappa shape index (κ2) is 33.8. The number of aliphatic hydroxyl groups is 3. The minimum absolute atomic E-state index is 0.0182. The summed E-state index contributed by atoms with van der Waals surface area (Å²) in [5.41, 5.74) is 0.624. The van der Waals surface area contributed by atoms with Crippen molar-refractivity contribution >= 4 is 76.8 Å². The van der Waals surface area contributed by atoms with E-state index in [2.05, 4.69) is 31.9 Å². The third-order valence-electron chi connectivity index (χ3n) is 16.0. The van der Waals surface area contributed by atoms with Crippen molar-refractivity contribution in [2.75, 3.05) is 27.3 Å². The number of hydroxylamine groups is 2. The number of carbonyl (C=O) groups is 11. The Bertz CT molecular complexity index is 3000. The fraction of sp³-hybridized carbons (Fsp3) is 0.603. The summed E-state index contributed by atoms with van der Waals surface area (Å²) in [5.74, 6) is -8.50. The Morgan fingerprint density at radius 2 is 1.49 bits per heavy atom. The molecule has 3 fully saturated rings. The fourth-order valence-corrected chi connectivity index (χ4v) is 10.6. The maximum atomic E-state index is 14.1. The molecule has 2 aromatic rings. The number of rotatable bonds is 26. The van der Waals surface area contributed by atoms with Gasteiger partial charge in [0.15, 0.2) is 12.4 Å². The molecule has 9 N–H and O–H groups in total. The predicted molar refractivity (Wildman–Crippen MR) is 324 cm³/mol. The summed E-state index contributed by atoms with van der Waals surface area (Å²) in [7, 11) is 2.68. The van der Waals surface area contributed by atoms with Crippen molar-refractivity contribution in [3.8, 4) is 5.75 Å². The van der Waals surface area contributed by atoms with Crippen LogP contribution in [0.3, 0.4) is 0 Å². The number of halogens is 1. The Morgan fingerprint density at radius 3 is 2.13 bits per heavy atom. The van der Waals surface area contributed by atoms with Crippen LogP contribution in [0.15, 0.2) is 54.6 Å². The van der Waals surface area contributed by atoms with Crippen LogP contribution in [0.4, 0.5) is 0 Å². The number of nitrogens with zero attached hydrogens (tertiary/aromatic N) is 1. The SMILES string of the molecule is COc1ccc(CC2NC(=O)/C=C/C[C@@H]([C@H](C)[C@H]3O[C@@H]3c3ccc(CNC(=O)[C@H](CCC(=O)NC[C@H]4O[C@@H](OC)[C@H](O)[C@@H](O)[C@@H]4O)NC(=O)[C@@H](NC(=O)CCCC(=O)ON4C(=O)CCC4=O)C(C)C)cc3)OC(=O)[C@H](CC(C)C)OC(=O)C(C)(C)CNC2=O)cc1Cl. The zero-order valence-corrected chi connectivity index (χ0v) is 53.8. The summed E-state index contributed by atoms with van der Waals surface area (Å²) < 4.78 is 34.0. The molecule has 0 aliphatic carbocycles. The topological polar surface area (TPSA) is 392 Å². The number of hydrogen-bond acceptors (Lipinski definition) is 21. The van der Waals surface area contributed by atoms with Crippen molar-refractivity contribution < 1.29 is 101 Å². The summed E-state index contributed by atoms with van der Waals surface area (Å²) in [6, 6.07) is 8.31. The molecule has 0 spiro atoms. The highest BCUT2D eigenvalue weighted by molar-refractivity contribution is 6.32. The van der Waals surface area contributed by atoms with Gasteiger partial charge in [0.1, 0.15) is 60.5 Å². The number of esters is 2. The van der Waals surface area contributed by atoms with Crippen LogP contribution >= 0.6 is 11.6 Å². The number of carbonyl (C=O) groups excluding carboxylic acids is 11. The van der Waals surface area contributed by atoms with Crippen LogP contribution in [-0.4, -0.2) is 180 Å². The maximum Gasteiger partial charge on any atom is 0.347 e. The molecule has 92 heavy (non-hydrogen) atoms. The first-order valence-electron chi connectivity index (χ1n) is 30.7. The molecule has 506 valence electrons. The number of ether oxygens (including phenoxy) is 6. The number of benzene rings is 2. The first-order valence-corrected chi connectivity index (χ1v) is 31.0. The molecule has 3 saturated heterocycles. The number of aliphatic hydroxyl groups excluding tert-OH is 3. The molecule has 0 radical (unpaired) electrons. The normalized spacial score (nSPS) is 25.9. The molecule has 29 heteroatoms. The van der Waals surface area contributed by atoms with Gasteiger partial charge in [-0.05, 0) is 79.8 Å². The number of methoxy groups -OCH3 is 2. The average molecular weight is 1310 g/mol. The monoisotopic (exact) mass is 1310 g/mol. The first kappa shape index (κ1) is 73.5. The molecule has 0 bridgehead atoms. The van der Waals surface area contributed by atoms with Crippen LogP contribution in [0, 0.1) is 23.2 Å². The highest BCUT2D eigenvalue weighted by Gasteiger charge is 2.49. The van der Waals surface area contributed by atoms with Gasteiger partial charge in [0.25, 0.3) is 11.8 Å². The molecule has 6 rings (SSSR count). The van der Waals surface area contributed by atoms with E-state index in [0.29, 0.717) is 27.0 Å². The molecule has 4 heterocycles. The molecular formula is C63H86ClN7O21. The molecule has 13 atom stereocenters. The van der Waals surface area contributed by atoms with Gasteiger partial charge >= 0.3 is 17.9 Å². The molecule has 0 saturated carbocycles. The van der Waals surface area contributed by atoms with Crippen LogP contribution in [0.1, 0.15) is 129 Å². The number of cyclic esters (lactones) is 2. The first-order chi connectivity index (χ1) is 43.5. The molecule has 2 aromatic carbocycles. The number of amides is 8. The van der Waals surface area contributed by atoms with Gasteiger partial charge < -0.3 is 80.5 Å². The average Bonchev–Trinajstić information content (AvgIpc) is 1.63. The van der Waals surface area contributed by atoms with Gasteiger partial charge in [-0.25, -0.2) is 9.59 Å². The fourth-order valence-electron chi connectivity index (χ4n) is 10.3. The molecule has 4 aliphatic rings. The van der Waals surface area contributed by atoms with E-state index < -0.39 is 156 Å². The standard InChI is InChI=1S/C63H86ClN7O21/c1-32(2)26-43-60(84)88-41(12-10-13-46(73)68-40(28-36-18-22-42(86-8)38(64)27-36)58(82)67-31-63(6,7)62(85)90-43)34(5)55-56(91-55)37-19-16-35(17-20-37)29-66-57(81)39(21-23-45(72)65-30-44-52(78)53(79)54(80)61(87-9)89-44)69-59(83)51(33(3)4)70-47(74)14-11-15-50(77)92-71-48(75)24-25-49(71)76/h10,13,16-20,22,27,32-34,39-41,43-44,51-56,61,78-80H,11-12,14-15,21,23-26,28-31H2,1-9H3,(H,65,72)(H,66,81)(H,67,82)(H,68,73)(H,69,83)(H,70,74)/b13-10+/t34-,39-,40?,41-,43-,44+,51-,52+,53-,54+,55+,56+,61+/m0/s1. The van der Waals surface area contributed by atoms with E-state index in [1.807, 2.05) is 20.8 Å². The quantitative estimate of drug-likeness (QED) is 0.0366. The van der Waals surface area contributed by atoms with E-state index in [4.69, 9.17) is 44.9 Å². The number of epoxide rings is 1. The third kappa shape index (κ3) is 21.0. The van der Waals surface area contributed by atoms with Crippen molar-refractivity contribution in [1.29, 1.82) is 0 Å². The summed E-state index contributed by atoms with van der Waals surface area (Å²) in [5, 5.41) is 47.8. The highest BCUT2D eigenvalue weighted by atomic mass is 35.5. The summed E-state index contributed by atoms with van der Waals surface area (Å²) in [4.78, 5) is 150. The Morgan fingerprint density at radius 1 is 0.804 bits per heavy atom. The smallest absolute Gasteiger partial charge is 0.347 e. The lowest BCUT2D eigenvalue weighted by Gasteiger charge is -2.39. The van der Waals surface area contributed by atoms with E-state index in [9.17, 15) is 68.1 Å². The lowest BCUT2D eigenvalue weighted by molar-refractivity contribution is -0.288. The second-order valence-corrected chi connectivity index (χ2v) is 25.1. The zero-order valence-electron chi connectivity index (χ0n) is 53.1. The molecule has 28 nitrogen and oxygen atoms in total. The van der Waals surface area contributed by atoms with Crippen molar-refractivity contribution in [3.63, 3.8) is 0 Å². The van der Waals surface area contributed by atoms with Gasteiger partial charge in [-0.15, -0.1) is 5.06 Å². The highest BCUT2D eigenvalue weighted by Crippen LogP contribution is 2.45. The van der Waals surface area contributed by atoms with Gasteiger partial charge in [0.05, 0.1) is 23.7 Å². The van der Waals surface area contributed by atoms with E-state index in [1.54, 1.807) is 70.2 Å². The van der Waals surface area contributed by atoms with E-state index in [-0.39, 0.29) is 89.8 Å². The minimum atomic E-state index is -1.65. The van der Waals surface area contributed by atoms with Crippen molar-refractivity contribution in [1.82, 2.24) is 37.0 Å². The third-order valence-corrected chi connectivity index (χ3v) is 16.3. The van der Waals surface area contributed by atoms with Crippen molar-refractivity contribution in [3.05, 3.63) is 76.3 Å². The van der Waals surface area contributed by atoms with Gasteiger partial charge in [0.2, 0.25) is 35.4 Å². The zero-order chi connectivity index (χ0) is 67.7. The summed E-state index contributed by atoms with van der Waals surface area (Å²) >= 11 is 6.39. The lowest BCUT2D eigenvalue weighted by atomic mass is 9.92. The largest absolute Gasteiger partial charge is 0.495 e.